The number of halogens is 3. The fraction of sp³-hybridized carbons (Fsp3) is 0.263. The van der Waals surface area contributed by atoms with Crippen molar-refractivity contribution in [2.45, 2.75) is 6.54 Å². The third-order valence-corrected chi connectivity index (χ3v) is 4.34. The van der Waals surface area contributed by atoms with Crippen molar-refractivity contribution in [3.63, 3.8) is 0 Å². The summed E-state index contributed by atoms with van der Waals surface area (Å²) in [6, 6.07) is 7.99. The summed E-state index contributed by atoms with van der Waals surface area (Å²) in [7, 11) is 1.56. The Bertz CT molecular complexity index is 850. The lowest BCUT2D eigenvalue weighted by Gasteiger charge is -2.14. The van der Waals surface area contributed by atoms with Crippen molar-refractivity contribution in [2.24, 2.45) is 0 Å². The van der Waals surface area contributed by atoms with Crippen LogP contribution in [0.3, 0.4) is 0 Å². The molecule has 0 saturated carbocycles. The van der Waals surface area contributed by atoms with Gasteiger partial charge in [0.15, 0.2) is 11.5 Å². The van der Waals surface area contributed by atoms with Gasteiger partial charge in [0, 0.05) is 31.8 Å². The van der Waals surface area contributed by atoms with Crippen LogP contribution in [0.1, 0.15) is 5.56 Å². The first kappa shape index (κ1) is 24.8. The number of rotatable bonds is 11. The standard InChI is InChI=1S/C19H21Cl2N3O4.ClH/c1-3-8-28-19-16(21)9-13(10-18(19)27-2)12-22-6-7-23-17-5-4-14(24(25)26)11-15(17)20;/h3-5,9-11,22-23H,1,6-8,12H2,2H3;1H. The van der Waals surface area contributed by atoms with Crippen molar-refractivity contribution in [2.75, 3.05) is 32.1 Å². The Hall–Kier alpha value is -2.19. The predicted octanol–water partition coefficient (Wildman–Crippen LogP) is 5.10. The summed E-state index contributed by atoms with van der Waals surface area (Å²) < 4.78 is 10.9. The molecule has 0 aromatic heterocycles. The van der Waals surface area contributed by atoms with Gasteiger partial charge in [0.2, 0.25) is 0 Å². The lowest BCUT2D eigenvalue weighted by Crippen LogP contribution is -2.22. The van der Waals surface area contributed by atoms with Gasteiger partial charge in [0.05, 0.1) is 27.8 Å². The van der Waals surface area contributed by atoms with E-state index in [0.717, 1.165) is 5.56 Å². The molecule has 7 nitrogen and oxygen atoms in total. The molecule has 0 radical (unpaired) electrons. The average Bonchev–Trinajstić information content (AvgIpc) is 2.67. The van der Waals surface area contributed by atoms with Crippen molar-refractivity contribution < 1.29 is 14.4 Å². The molecule has 158 valence electrons. The molecule has 0 spiro atoms. The minimum absolute atomic E-state index is 0. The molecule has 0 aliphatic carbocycles. The maximum Gasteiger partial charge on any atom is 0.271 e. The summed E-state index contributed by atoms with van der Waals surface area (Å²) in [6.45, 7) is 5.75. The van der Waals surface area contributed by atoms with Gasteiger partial charge < -0.3 is 20.1 Å². The fourth-order valence-electron chi connectivity index (χ4n) is 2.44. The van der Waals surface area contributed by atoms with Crippen molar-refractivity contribution in [1.29, 1.82) is 0 Å². The number of non-ortho nitro benzene ring substituents is 1. The van der Waals surface area contributed by atoms with Gasteiger partial charge in [-0.2, -0.15) is 0 Å². The summed E-state index contributed by atoms with van der Waals surface area (Å²) in [5, 5.41) is 17.9. The van der Waals surface area contributed by atoms with E-state index in [2.05, 4.69) is 17.2 Å². The third kappa shape index (κ3) is 7.29. The molecule has 0 aliphatic rings. The second-order valence-electron chi connectivity index (χ2n) is 5.73. The number of nitro groups is 1. The van der Waals surface area contributed by atoms with Crippen LogP contribution in [0, 0.1) is 10.1 Å². The molecule has 2 aromatic carbocycles. The lowest BCUT2D eigenvalue weighted by atomic mass is 10.2. The number of anilines is 1. The van der Waals surface area contributed by atoms with E-state index < -0.39 is 4.92 Å². The normalized spacial score (nSPS) is 10.0. The van der Waals surface area contributed by atoms with E-state index in [1.807, 2.05) is 12.1 Å². The summed E-state index contributed by atoms with van der Waals surface area (Å²) in [5.74, 6) is 1.05. The van der Waals surface area contributed by atoms with Crippen molar-refractivity contribution >= 4 is 47.0 Å². The molecular weight excluding hydrogens is 441 g/mol. The van der Waals surface area contributed by atoms with E-state index in [1.54, 1.807) is 19.3 Å². The van der Waals surface area contributed by atoms with Gasteiger partial charge in [0.1, 0.15) is 6.61 Å². The number of methoxy groups -OCH3 is 1. The second-order valence-corrected chi connectivity index (χ2v) is 6.55. The molecule has 0 aliphatic heterocycles. The summed E-state index contributed by atoms with van der Waals surface area (Å²) in [4.78, 5) is 10.2. The molecule has 0 bridgehead atoms. The zero-order chi connectivity index (χ0) is 20.5. The largest absolute Gasteiger partial charge is 0.493 e. The highest BCUT2D eigenvalue weighted by Crippen LogP contribution is 2.36. The lowest BCUT2D eigenvalue weighted by molar-refractivity contribution is -0.384. The predicted molar refractivity (Wildman–Crippen MR) is 119 cm³/mol. The molecule has 0 fully saturated rings. The Morgan fingerprint density at radius 1 is 1.21 bits per heavy atom. The highest BCUT2D eigenvalue weighted by Gasteiger charge is 2.12. The van der Waals surface area contributed by atoms with E-state index >= 15 is 0 Å². The summed E-state index contributed by atoms with van der Waals surface area (Å²) in [5.41, 5.74) is 1.55. The van der Waals surface area contributed by atoms with Gasteiger partial charge in [0.25, 0.3) is 5.69 Å². The Labute approximate surface area is 185 Å². The molecule has 29 heavy (non-hydrogen) atoms. The smallest absolute Gasteiger partial charge is 0.271 e. The van der Waals surface area contributed by atoms with Gasteiger partial charge in [-0.3, -0.25) is 10.1 Å². The number of hydrogen-bond donors (Lipinski definition) is 2. The number of benzene rings is 2. The molecule has 0 unspecified atom stereocenters. The molecule has 0 atom stereocenters. The average molecular weight is 463 g/mol. The van der Waals surface area contributed by atoms with Crippen LogP contribution < -0.4 is 20.1 Å². The van der Waals surface area contributed by atoms with Crippen LogP contribution in [-0.2, 0) is 6.54 Å². The molecule has 0 amide bonds. The summed E-state index contributed by atoms with van der Waals surface area (Å²) >= 11 is 12.3. The third-order valence-electron chi connectivity index (χ3n) is 3.74. The van der Waals surface area contributed by atoms with Gasteiger partial charge >= 0.3 is 0 Å². The van der Waals surface area contributed by atoms with E-state index in [1.165, 1.54) is 12.1 Å². The van der Waals surface area contributed by atoms with E-state index in [0.29, 0.717) is 53.5 Å². The van der Waals surface area contributed by atoms with Crippen molar-refractivity contribution in [1.82, 2.24) is 5.32 Å². The Morgan fingerprint density at radius 3 is 2.59 bits per heavy atom. The number of hydrogen-bond acceptors (Lipinski definition) is 6. The highest BCUT2D eigenvalue weighted by atomic mass is 35.5. The van der Waals surface area contributed by atoms with Crippen LogP contribution in [0.15, 0.2) is 43.0 Å². The van der Waals surface area contributed by atoms with Gasteiger partial charge in [-0.25, -0.2) is 0 Å². The molecule has 2 N–H and O–H groups in total. The van der Waals surface area contributed by atoms with Crippen molar-refractivity contribution in [3.05, 3.63) is 68.7 Å². The number of nitrogens with zero attached hydrogens (tertiary/aromatic N) is 1. The zero-order valence-corrected chi connectivity index (χ0v) is 18.1. The zero-order valence-electron chi connectivity index (χ0n) is 15.7. The molecule has 2 rings (SSSR count). The Morgan fingerprint density at radius 2 is 1.97 bits per heavy atom. The minimum Gasteiger partial charge on any atom is -0.493 e. The Balaban J connectivity index is 0.00000420. The molecule has 0 heterocycles. The molecule has 10 heteroatoms. The first-order chi connectivity index (χ1) is 13.5. The maximum atomic E-state index is 10.7. The van der Waals surface area contributed by atoms with Gasteiger partial charge in [-0.1, -0.05) is 35.9 Å². The minimum atomic E-state index is -0.482. The first-order valence-electron chi connectivity index (χ1n) is 8.45. The molecule has 0 saturated heterocycles. The van der Waals surface area contributed by atoms with Crippen LogP contribution in [-0.4, -0.2) is 31.7 Å². The quantitative estimate of drug-likeness (QED) is 0.209. The monoisotopic (exact) mass is 461 g/mol. The van der Waals surface area contributed by atoms with E-state index in [-0.39, 0.29) is 18.1 Å². The van der Waals surface area contributed by atoms with Crippen LogP contribution in [0.2, 0.25) is 10.0 Å². The van der Waals surface area contributed by atoms with Crippen LogP contribution in [0.4, 0.5) is 11.4 Å². The van der Waals surface area contributed by atoms with E-state index in [9.17, 15) is 10.1 Å². The van der Waals surface area contributed by atoms with Crippen LogP contribution in [0.25, 0.3) is 0 Å². The Kier molecular flexibility index (Phi) is 10.6. The summed E-state index contributed by atoms with van der Waals surface area (Å²) in [6.07, 6.45) is 1.63. The van der Waals surface area contributed by atoms with Crippen LogP contribution in [0.5, 0.6) is 11.5 Å². The second kappa shape index (κ2) is 12.4. The first-order valence-corrected chi connectivity index (χ1v) is 9.20. The molecular formula is C19H22Cl3N3O4. The number of ether oxygens (including phenoxy) is 2. The van der Waals surface area contributed by atoms with Crippen molar-refractivity contribution in [3.8, 4) is 11.5 Å². The van der Waals surface area contributed by atoms with Gasteiger partial charge in [-0.15, -0.1) is 12.4 Å². The topological polar surface area (TPSA) is 85.7 Å². The number of nitrogens with one attached hydrogen (secondary N) is 2. The van der Waals surface area contributed by atoms with E-state index in [4.69, 9.17) is 32.7 Å². The van der Waals surface area contributed by atoms with Gasteiger partial charge in [-0.05, 0) is 23.8 Å². The highest BCUT2D eigenvalue weighted by molar-refractivity contribution is 6.33. The fourth-order valence-corrected chi connectivity index (χ4v) is 2.97. The van der Waals surface area contributed by atoms with Crippen LogP contribution >= 0.6 is 35.6 Å². The SMILES string of the molecule is C=CCOc1c(Cl)cc(CNCCNc2ccc([N+](=O)[O-])cc2Cl)cc1OC.Cl. The molecule has 2 aromatic rings. The number of nitro benzene ring substituents is 1. The maximum absolute atomic E-state index is 10.7.